The van der Waals surface area contributed by atoms with Crippen LogP contribution in [0.25, 0.3) is 0 Å². The van der Waals surface area contributed by atoms with Gasteiger partial charge in [-0.25, -0.2) is 0 Å². The van der Waals surface area contributed by atoms with Gasteiger partial charge in [-0.3, -0.25) is 19.7 Å². The van der Waals surface area contributed by atoms with Crippen molar-refractivity contribution in [2.45, 2.75) is 18.6 Å². The van der Waals surface area contributed by atoms with Crippen LogP contribution in [0.5, 0.6) is 0 Å². The summed E-state index contributed by atoms with van der Waals surface area (Å²) in [5.74, 6) is -1.38. The van der Waals surface area contributed by atoms with Gasteiger partial charge in [0, 0.05) is 16.7 Å². The van der Waals surface area contributed by atoms with Gasteiger partial charge in [0.1, 0.15) is 0 Å². The molecule has 1 aliphatic rings. The highest BCUT2D eigenvalue weighted by Crippen LogP contribution is 2.44. The number of amides is 1. The van der Waals surface area contributed by atoms with E-state index in [9.17, 15) is 24.8 Å². The number of anilines is 1. The van der Waals surface area contributed by atoms with Gasteiger partial charge in [-0.15, -0.1) is 0 Å². The summed E-state index contributed by atoms with van der Waals surface area (Å²) < 4.78 is 0. The molecule has 4 rings (SSSR count). The van der Waals surface area contributed by atoms with Crippen molar-refractivity contribution in [3.05, 3.63) is 105 Å². The number of nitro benzene ring substituents is 1. The summed E-state index contributed by atoms with van der Waals surface area (Å²) in [7, 11) is 0. The zero-order valence-electron chi connectivity index (χ0n) is 16.2. The monoisotopic (exact) mass is 436 g/mol. The SMILES string of the molecule is O=C(CC1(O)C(=O)N(Cc2ccccc2Cl)c2ccccc21)c1ccccc1[N+](=O)[O-]. The molecule has 0 aliphatic carbocycles. The van der Waals surface area contributed by atoms with E-state index >= 15 is 0 Å². The number of ketones is 1. The Labute approximate surface area is 182 Å². The van der Waals surface area contributed by atoms with Crippen LogP contribution in [0, 0.1) is 10.1 Å². The molecule has 1 atom stereocenters. The first-order valence-corrected chi connectivity index (χ1v) is 9.84. The van der Waals surface area contributed by atoms with Crippen molar-refractivity contribution in [3.63, 3.8) is 0 Å². The van der Waals surface area contributed by atoms with Gasteiger partial charge in [0.05, 0.1) is 29.1 Å². The minimum atomic E-state index is -2.14. The molecule has 1 heterocycles. The van der Waals surface area contributed by atoms with Crippen molar-refractivity contribution in [1.82, 2.24) is 0 Å². The van der Waals surface area contributed by atoms with Crippen LogP contribution in [0.3, 0.4) is 0 Å². The maximum absolute atomic E-state index is 13.3. The third-order valence-corrected chi connectivity index (χ3v) is 5.71. The molecule has 1 N–H and O–H groups in total. The van der Waals surface area contributed by atoms with E-state index in [0.29, 0.717) is 16.3 Å². The first kappa shape index (κ1) is 20.7. The molecule has 3 aromatic rings. The van der Waals surface area contributed by atoms with E-state index in [-0.39, 0.29) is 23.4 Å². The minimum Gasteiger partial charge on any atom is -0.375 e. The fraction of sp³-hybridized carbons (Fsp3) is 0.130. The molecule has 7 nitrogen and oxygen atoms in total. The molecule has 0 bridgehead atoms. The van der Waals surface area contributed by atoms with E-state index in [4.69, 9.17) is 11.6 Å². The van der Waals surface area contributed by atoms with Crippen LogP contribution in [-0.2, 0) is 16.9 Å². The molecule has 3 aromatic carbocycles. The third-order valence-electron chi connectivity index (χ3n) is 5.34. The second-order valence-electron chi connectivity index (χ2n) is 7.23. The number of para-hydroxylation sites is 2. The van der Waals surface area contributed by atoms with Crippen LogP contribution in [0.1, 0.15) is 27.9 Å². The zero-order chi connectivity index (χ0) is 22.2. The van der Waals surface area contributed by atoms with Gasteiger partial charge in [0.2, 0.25) is 0 Å². The topological polar surface area (TPSA) is 101 Å². The fourth-order valence-electron chi connectivity index (χ4n) is 3.83. The summed E-state index contributed by atoms with van der Waals surface area (Å²) in [6, 6.07) is 19.1. The molecule has 0 fully saturated rings. The lowest BCUT2D eigenvalue weighted by atomic mass is 9.88. The Hall–Kier alpha value is -3.55. The first-order chi connectivity index (χ1) is 14.8. The molecule has 8 heteroatoms. The Morgan fingerprint density at radius 3 is 2.42 bits per heavy atom. The molecule has 0 spiro atoms. The van der Waals surface area contributed by atoms with Gasteiger partial charge >= 0.3 is 0 Å². The molecule has 0 radical (unpaired) electrons. The predicted octanol–water partition coefficient (Wildman–Crippen LogP) is 4.26. The van der Waals surface area contributed by atoms with Crippen LogP contribution >= 0.6 is 11.6 Å². The largest absolute Gasteiger partial charge is 0.375 e. The average Bonchev–Trinajstić information content (AvgIpc) is 2.97. The minimum absolute atomic E-state index is 0.109. The number of aliphatic hydroxyl groups is 1. The van der Waals surface area contributed by atoms with Gasteiger partial charge in [0.25, 0.3) is 11.6 Å². The number of halogens is 1. The maximum Gasteiger partial charge on any atom is 0.280 e. The van der Waals surface area contributed by atoms with Crippen LogP contribution in [0.2, 0.25) is 5.02 Å². The van der Waals surface area contributed by atoms with Crippen molar-refractivity contribution in [1.29, 1.82) is 0 Å². The molecule has 1 unspecified atom stereocenters. The van der Waals surface area contributed by atoms with Gasteiger partial charge in [-0.2, -0.15) is 0 Å². The predicted molar refractivity (Wildman–Crippen MR) is 115 cm³/mol. The number of fused-ring (bicyclic) bond motifs is 1. The summed E-state index contributed by atoms with van der Waals surface area (Å²) in [6.07, 6.45) is -0.618. The number of carbonyl (C=O) groups is 2. The van der Waals surface area contributed by atoms with Crippen LogP contribution in [0.15, 0.2) is 72.8 Å². The number of benzene rings is 3. The summed E-state index contributed by atoms with van der Waals surface area (Å²) in [6.45, 7) is 0.109. The first-order valence-electron chi connectivity index (χ1n) is 9.47. The smallest absolute Gasteiger partial charge is 0.280 e. The highest BCUT2D eigenvalue weighted by Gasteiger charge is 2.51. The standard InChI is InChI=1S/C23H17ClN2O5/c24-18-10-4-1-7-15(18)14-25-20-12-6-3-9-17(20)23(29,22(25)28)13-21(27)16-8-2-5-11-19(16)26(30)31/h1-12,29H,13-14H2. The van der Waals surface area contributed by atoms with Gasteiger partial charge in [-0.1, -0.05) is 60.1 Å². The summed E-state index contributed by atoms with van der Waals surface area (Å²) in [4.78, 5) is 38.3. The molecule has 31 heavy (non-hydrogen) atoms. The summed E-state index contributed by atoms with van der Waals surface area (Å²) in [5.41, 5.74) is -1.25. The van der Waals surface area contributed by atoms with E-state index in [1.54, 1.807) is 48.5 Å². The van der Waals surface area contributed by atoms with Crippen LogP contribution < -0.4 is 4.90 Å². The highest BCUT2D eigenvalue weighted by atomic mass is 35.5. The van der Waals surface area contributed by atoms with E-state index in [0.717, 1.165) is 0 Å². The molecule has 156 valence electrons. The van der Waals surface area contributed by atoms with Crippen molar-refractivity contribution in [2.75, 3.05) is 4.90 Å². The van der Waals surface area contributed by atoms with Crippen molar-refractivity contribution in [3.8, 4) is 0 Å². The molecule has 1 aliphatic heterocycles. The van der Waals surface area contributed by atoms with Crippen LogP contribution in [0.4, 0.5) is 11.4 Å². The Kier molecular flexibility index (Phi) is 5.31. The van der Waals surface area contributed by atoms with Gasteiger partial charge in [0.15, 0.2) is 11.4 Å². The highest BCUT2D eigenvalue weighted by molar-refractivity contribution is 6.31. The summed E-state index contributed by atoms with van der Waals surface area (Å²) in [5, 5.41) is 23.1. The van der Waals surface area contributed by atoms with Gasteiger partial charge < -0.3 is 10.0 Å². The van der Waals surface area contributed by atoms with E-state index in [1.807, 2.05) is 0 Å². The number of rotatable bonds is 6. The molecule has 0 saturated heterocycles. The molecular formula is C23H17ClN2O5. The molecule has 0 saturated carbocycles. The number of hydrogen-bond acceptors (Lipinski definition) is 5. The summed E-state index contributed by atoms with van der Waals surface area (Å²) >= 11 is 6.24. The quantitative estimate of drug-likeness (QED) is 0.353. The second-order valence-corrected chi connectivity index (χ2v) is 7.64. The Bertz CT molecular complexity index is 1210. The lowest BCUT2D eigenvalue weighted by Gasteiger charge is -2.23. The van der Waals surface area contributed by atoms with E-state index in [2.05, 4.69) is 0 Å². The van der Waals surface area contributed by atoms with E-state index in [1.165, 1.54) is 29.2 Å². The van der Waals surface area contributed by atoms with Crippen LogP contribution in [-0.4, -0.2) is 21.7 Å². The van der Waals surface area contributed by atoms with Crippen molar-refractivity contribution >= 4 is 34.7 Å². The lowest BCUT2D eigenvalue weighted by Crippen LogP contribution is -2.41. The normalized spacial score (nSPS) is 17.5. The van der Waals surface area contributed by atoms with E-state index < -0.39 is 28.6 Å². The Morgan fingerprint density at radius 1 is 1.03 bits per heavy atom. The second kappa shape index (κ2) is 7.94. The van der Waals surface area contributed by atoms with Gasteiger partial charge in [-0.05, 0) is 23.8 Å². The van der Waals surface area contributed by atoms with Crippen molar-refractivity contribution in [2.24, 2.45) is 0 Å². The number of carbonyl (C=O) groups excluding carboxylic acids is 2. The molecule has 1 amide bonds. The Morgan fingerprint density at radius 2 is 1.68 bits per heavy atom. The third kappa shape index (κ3) is 3.58. The number of Topliss-reactive ketones (excluding diaryl/α,β-unsaturated/α-hetero) is 1. The zero-order valence-corrected chi connectivity index (χ0v) is 17.0. The fourth-order valence-corrected chi connectivity index (χ4v) is 4.02. The Balaban J connectivity index is 1.71. The molecule has 0 aromatic heterocycles. The average molecular weight is 437 g/mol. The van der Waals surface area contributed by atoms with Crippen molar-refractivity contribution < 1.29 is 19.6 Å². The maximum atomic E-state index is 13.3. The molecular weight excluding hydrogens is 420 g/mol. The lowest BCUT2D eigenvalue weighted by molar-refractivity contribution is -0.385. The number of nitro groups is 1. The number of nitrogens with zero attached hydrogens (tertiary/aromatic N) is 2. The number of hydrogen-bond donors (Lipinski definition) is 1.